The van der Waals surface area contributed by atoms with Gasteiger partial charge in [-0.15, -0.1) is 0 Å². The normalized spacial score (nSPS) is 16.8. The number of nitriles is 1. The van der Waals surface area contributed by atoms with Crippen LogP contribution in [-0.4, -0.2) is 52.4 Å². The predicted molar refractivity (Wildman–Crippen MR) is 165 cm³/mol. The van der Waals surface area contributed by atoms with Crippen LogP contribution in [0, 0.1) is 24.1 Å². The molecule has 0 radical (unpaired) electrons. The fourth-order valence-corrected chi connectivity index (χ4v) is 6.63. The van der Waals surface area contributed by atoms with Gasteiger partial charge in [0.25, 0.3) is 11.5 Å². The van der Waals surface area contributed by atoms with Crippen molar-refractivity contribution in [1.29, 1.82) is 5.26 Å². The van der Waals surface area contributed by atoms with Crippen LogP contribution in [0.15, 0.2) is 34.0 Å². The summed E-state index contributed by atoms with van der Waals surface area (Å²) < 4.78 is 16.4. The summed E-state index contributed by atoms with van der Waals surface area (Å²) in [5.74, 6) is 0.253. The number of thioether (sulfide) groups is 1. The third-order valence-corrected chi connectivity index (χ3v) is 9.00. The fraction of sp³-hybridized carbons (Fsp3) is 0.467. The maximum absolute atomic E-state index is 14.4. The van der Waals surface area contributed by atoms with Gasteiger partial charge in [0, 0.05) is 45.3 Å². The number of halogens is 1. The average molecular weight is 582 g/mol. The molecule has 3 heterocycles. The van der Waals surface area contributed by atoms with Crippen molar-refractivity contribution in [2.45, 2.75) is 52.4 Å². The second-order valence-electron chi connectivity index (χ2n) is 10.2. The Morgan fingerprint density at radius 2 is 1.70 bits per heavy atom. The number of carbonyl (C=O) groups is 1. The van der Waals surface area contributed by atoms with E-state index in [-0.39, 0.29) is 22.8 Å². The summed E-state index contributed by atoms with van der Waals surface area (Å²) in [5.41, 5.74) is 1.45. The van der Waals surface area contributed by atoms with Crippen molar-refractivity contribution in [3.63, 3.8) is 0 Å². The highest BCUT2D eigenvalue weighted by molar-refractivity contribution is 8.26. The Morgan fingerprint density at radius 1 is 1.05 bits per heavy atom. The van der Waals surface area contributed by atoms with Crippen LogP contribution in [0.2, 0.25) is 0 Å². The predicted octanol–water partition coefficient (Wildman–Crippen LogP) is 5.59. The first kappa shape index (κ1) is 29.8. The lowest BCUT2D eigenvalue weighted by atomic mass is 10.0. The van der Waals surface area contributed by atoms with E-state index in [2.05, 4.69) is 17.9 Å². The van der Waals surface area contributed by atoms with E-state index in [1.807, 2.05) is 11.0 Å². The molecule has 2 fully saturated rings. The topological polar surface area (TPSA) is 72.6 Å². The summed E-state index contributed by atoms with van der Waals surface area (Å²) in [6.45, 7) is 6.76. The van der Waals surface area contributed by atoms with Crippen LogP contribution >= 0.6 is 24.0 Å². The summed E-state index contributed by atoms with van der Waals surface area (Å²) in [7, 11) is 1.66. The number of pyridine rings is 1. The highest BCUT2D eigenvalue weighted by Gasteiger charge is 2.33. The lowest BCUT2D eigenvalue weighted by Crippen LogP contribution is -2.48. The molecular formula is C30H36FN5O2S2. The average Bonchev–Trinajstić information content (AvgIpc) is 3.22. The number of unbranched alkanes of at least 4 members (excludes halogenated alkanes) is 5. The van der Waals surface area contributed by atoms with Crippen LogP contribution < -0.4 is 15.4 Å². The van der Waals surface area contributed by atoms with Gasteiger partial charge in [0.1, 0.15) is 27.6 Å². The number of hydrogen-bond acceptors (Lipinski definition) is 7. The number of nitrogens with zero attached hydrogens (tertiary/aromatic N) is 5. The van der Waals surface area contributed by atoms with Gasteiger partial charge in [0.05, 0.1) is 10.6 Å². The Hall–Kier alpha value is -3.16. The third kappa shape index (κ3) is 6.26. The van der Waals surface area contributed by atoms with Crippen LogP contribution in [0.4, 0.5) is 15.9 Å². The zero-order chi connectivity index (χ0) is 28.8. The van der Waals surface area contributed by atoms with Gasteiger partial charge in [-0.1, -0.05) is 75.1 Å². The van der Waals surface area contributed by atoms with E-state index >= 15 is 0 Å². The number of carbonyl (C=O) groups excluding carboxylic acids is 1. The summed E-state index contributed by atoms with van der Waals surface area (Å²) in [6.07, 6.45) is 8.53. The molecule has 4 rings (SSSR count). The molecule has 2 aliphatic rings. The highest BCUT2D eigenvalue weighted by Crippen LogP contribution is 2.36. The summed E-state index contributed by atoms with van der Waals surface area (Å²) in [5, 5.41) is 9.77. The van der Waals surface area contributed by atoms with Crippen LogP contribution in [0.25, 0.3) is 6.08 Å². The van der Waals surface area contributed by atoms with Gasteiger partial charge in [-0.05, 0) is 37.1 Å². The molecule has 0 saturated carbocycles. The number of hydrogen-bond donors (Lipinski definition) is 0. The zero-order valence-electron chi connectivity index (χ0n) is 23.4. The van der Waals surface area contributed by atoms with Crippen LogP contribution in [0.1, 0.15) is 62.1 Å². The molecule has 0 aliphatic carbocycles. The number of rotatable bonds is 10. The lowest BCUT2D eigenvalue weighted by molar-refractivity contribution is -0.122. The minimum Gasteiger partial charge on any atom is -0.366 e. The van der Waals surface area contributed by atoms with E-state index in [0.717, 1.165) is 19.3 Å². The molecule has 10 heteroatoms. The Bertz CT molecular complexity index is 1410. The smallest absolute Gasteiger partial charge is 0.270 e. The van der Waals surface area contributed by atoms with E-state index < -0.39 is 0 Å². The van der Waals surface area contributed by atoms with Gasteiger partial charge in [-0.25, -0.2) is 4.39 Å². The number of para-hydroxylation sites is 1. The van der Waals surface area contributed by atoms with E-state index in [4.69, 9.17) is 12.2 Å². The molecule has 2 aliphatic heterocycles. The van der Waals surface area contributed by atoms with Gasteiger partial charge in [0.15, 0.2) is 0 Å². The number of anilines is 2. The minimum absolute atomic E-state index is 0.0602. The lowest BCUT2D eigenvalue weighted by Gasteiger charge is -2.38. The maximum Gasteiger partial charge on any atom is 0.270 e. The third-order valence-electron chi connectivity index (χ3n) is 7.62. The molecule has 2 saturated heterocycles. The van der Waals surface area contributed by atoms with Gasteiger partial charge in [-0.3, -0.25) is 19.1 Å². The molecule has 1 amide bonds. The van der Waals surface area contributed by atoms with E-state index in [1.54, 1.807) is 37.1 Å². The molecule has 40 heavy (non-hydrogen) atoms. The molecule has 0 spiro atoms. The molecule has 0 atom stereocenters. The molecule has 212 valence electrons. The molecule has 0 unspecified atom stereocenters. The monoisotopic (exact) mass is 581 g/mol. The quantitative estimate of drug-likeness (QED) is 0.206. The van der Waals surface area contributed by atoms with Crippen molar-refractivity contribution in [1.82, 2.24) is 9.47 Å². The number of aromatic nitrogens is 1. The first-order valence-corrected chi connectivity index (χ1v) is 15.1. The second kappa shape index (κ2) is 13.5. The Morgan fingerprint density at radius 3 is 2.38 bits per heavy atom. The fourth-order valence-electron chi connectivity index (χ4n) is 5.34. The van der Waals surface area contributed by atoms with Gasteiger partial charge in [-0.2, -0.15) is 5.26 Å². The van der Waals surface area contributed by atoms with Crippen molar-refractivity contribution in [2.75, 3.05) is 42.5 Å². The number of benzene rings is 1. The van der Waals surface area contributed by atoms with E-state index in [9.17, 15) is 19.2 Å². The van der Waals surface area contributed by atoms with Gasteiger partial charge in [0.2, 0.25) is 0 Å². The second-order valence-corrected chi connectivity index (χ2v) is 11.9. The number of piperazine rings is 1. The first-order chi connectivity index (χ1) is 19.3. The maximum atomic E-state index is 14.4. The number of thiocarbonyl (C=S) groups is 1. The Balaban J connectivity index is 1.60. The first-order valence-electron chi connectivity index (χ1n) is 13.9. The Labute approximate surface area is 245 Å². The van der Waals surface area contributed by atoms with Crippen molar-refractivity contribution in [3.05, 3.63) is 62.0 Å². The molecule has 1 aromatic heterocycles. The molecular weight excluding hydrogens is 545 g/mol. The van der Waals surface area contributed by atoms with Crippen molar-refractivity contribution in [3.8, 4) is 6.07 Å². The van der Waals surface area contributed by atoms with Gasteiger partial charge < -0.3 is 9.80 Å². The van der Waals surface area contributed by atoms with Gasteiger partial charge >= 0.3 is 0 Å². The van der Waals surface area contributed by atoms with E-state index in [1.165, 1.54) is 41.7 Å². The zero-order valence-corrected chi connectivity index (χ0v) is 25.0. The van der Waals surface area contributed by atoms with Crippen LogP contribution in [-0.2, 0) is 11.8 Å². The van der Waals surface area contributed by atoms with Crippen molar-refractivity contribution < 1.29 is 9.18 Å². The highest BCUT2D eigenvalue weighted by atomic mass is 32.2. The summed E-state index contributed by atoms with van der Waals surface area (Å²) >= 11 is 6.83. The van der Waals surface area contributed by atoms with Crippen molar-refractivity contribution >= 4 is 51.8 Å². The summed E-state index contributed by atoms with van der Waals surface area (Å²) in [6, 6.07) is 8.77. The molecule has 7 nitrogen and oxygen atoms in total. The van der Waals surface area contributed by atoms with Crippen LogP contribution in [0.5, 0.6) is 0 Å². The van der Waals surface area contributed by atoms with E-state index in [0.29, 0.717) is 64.6 Å². The molecule has 0 N–H and O–H groups in total. The van der Waals surface area contributed by atoms with Crippen molar-refractivity contribution in [2.24, 2.45) is 7.05 Å². The van der Waals surface area contributed by atoms with Crippen LogP contribution in [0.3, 0.4) is 0 Å². The molecule has 1 aromatic carbocycles. The summed E-state index contributed by atoms with van der Waals surface area (Å²) in [4.78, 5) is 32.7. The standard InChI is InChI=1S/C30H36FN5O2S2/c1-4-5-6-7-8-11-14-36-29(38)26(40-30(36)39)19-22-21(2)23(20-32)28(37)33(3)27(22)35-17-15-34(16-18-35)25-13-10-9-12-24(25)31/h9-10,12-13,19H,4-8,11,14-18H2,1-3H3. The largest absolute Gasteiger partial charge is 0.366 e. The number of amides is 1. The minimum atomic E-state index is -0.376. The molecule has 0 bridgehead atoms. The Kier molecular flexibility index (Phi) is 10.0. The molecule has 2 aromatic rings. The SMILES string of the molecule is CCCCCCCCN1C(=O)C(=Cc2c(C)c(C#N)c(=O)n(C)c2N2CCN(c3ccccc3F)CC2)SC1=S.